The predicted molar refractivity (Wildman–Crippen MR) is 89.5 cm³/mol. The fourth-order valence-corrected chi connectivity index (χ4v) is 4.15. The van der Waals surface area contributed by atoms with Crippen LogP contribution in [0.1, 0.15) is 6.42 Å². The Bertz CT molecular complexity index is 922. The first-order valence-electron chi connectivity index (χ1n) is 8.06. The molecule has 1 aromatic heterocycles. The van der Waals surface area contributed by atoms with E-state index in [9.17, 15) is 21.6 Å². The Morgan fingerprint density at radius 1 is 1.11 bits per heavy atom. The van der Waals surface area contributed by atoms with Crippen LogP contribution in [0.4, 0.5) is 13.2 Å². The van der Waals surface area contributed by atoms with Gasteiger partial charge in [0, 0.05) is 18.9 Å². The first-order valence-corrected chi connectivity index (χ1v) is 9.50. The van der Waals surface area contributed by atoms with Crippen LogP contribution in [0.3, 0.4) is 0 Å². The second kappa shape index (κ2) is 7.80. The summed E-state index contributed by atoms with van der Waals surface area (Å²) in [6, 6.07) is 4.04. The molecule has 1 aliphatic heterocycles. The molecule has 8 nitrogen and oxygen atoms in total. The van der Waals surface area contributed by atoms with E-state index < -0.39 is 28.2 Å². The van der Waals surface area contributed by atoms with E-state index in [-0.39, 0.29) is 29.7 Å². The average molecular weight is 419 g/mol. The van der Waals surface area contributed by atoms with Crippen LogP contribution < -0.4 is 14.2 Å². The third kappa shape index (κ3) is 4.62. The van der Waals surface area contributed by atoms with Crippen LogP contribution in [0.5, 0.6) is 17.5 Å². The molecule has 1 unspecified atom stereocenters. The molecule has 152 valence electrons. The molecule has 2 aromatic rings. The summed E-state index contributed by atoms with van der Waals surface area (Å²) in [5.41, 5.74) is 0. The van der Waals surface area contributed by atoms with Crippen molar-refractivity contribution < 1.29 is 35.8 Å². The number of benzene rings is 1. The molecule has 2 heterocycles. The quantitative estimate of drug-likeness (QED) is 0.709. The van der Waals surface area contributed by atoms with Gasteiger partial charge in [0.2, 0.25) is 10.0 Å². The summed E-state index contributed by atoms with van der Waals surface area (Å²) in [7, 11) is -2.48. The van der Waals surface area contributed by atoms with E-state index in [1.54, 1.807) is 0 Å². The maximum atomic E-state index is 12.7. The van der Waals surface area contributed by atoms with Gasteiger partial charge in [-0.2, -0.15) is 4.31 Å². The van der Waals surface area contributed by atoms with E-state index in [4.69, 9.17) is 9.47 Å². The lowest BCUT2D eigenvalue weighted by Crippen LogP contribution is -2.31. The minimum atomic E-state index is -4.85. The lowest BCUT2D eigenvalue weighted by molar-refractivity contribution is -0.274. The summed E-state index contributed by atoms with van der Waals surface area (Å²) >= 11 is 0. The van der Waals surface area contributed by atoms with Gasteiger partial charge in [0.25, 0.3) is 11.8 Å². The molecule has 1 aromatic carbocycles. The van der Waals surface area contributed by atoms with Crippen LogP contribution in [0, 0.1) is 0 Å². The number of methoxy groups -OCH3 is 1. The highest BCUT2D eigenvalue weighted by molar-refractivity contribution is 7.89. The first kappa shape index (κ1) is 20.1. The van der Waals surface area contributed by atoms with E-state index in [2.05, 4.69) is 14.7 Å². The van der Waals surface area contributed by atoms with Gasteiger partial charge in [0.1, 0.15) is 11.9 Å². The number of hydrogen-bond acceptors (Lipinski definition) is 7. The van der Waals surface area contributed by atoms with Gasteiger partial charge in [-0.1, -0.05) is 0 Å². The summed E-state index contributed by atoms with van der Waals surface area (Å²) in [4.78, 5) is 7.83. The van der Waals surface area contributed by atoms with Gasteiger partial charge in [-0.3, -0.25) is 0 Å². The van der Waals surface area contributed by atoms with Crippen LogP contribution in [0.15, 0.2) is 41.6 Å². The monoisotopic (exact) mass is 419 g/mol. The first-order chi connectivity index (χ1) is 13.2. The molecule has 0 saturated carbocycles. The number of alkyl halides is 3. The smallest absolute Gasteiger partial charge is 0.477 e. The second-order valence-electron chi connectivity index (χ2n) is 5.78. The fraction of sp³-hybridized carbons (Fsp3) is 0.375. The normalized spacial score (nSPS) is 18.1. The Labute approximate surface area is 158 Å². The summed E-state index contributed by atoms with van der Waals surface area (Å²) < 4.78 is 77.7. The SMILES string of the molecule is COc1nccnc1OC1CCN(S(=O)(=O)c2ccc(OC(F)(F)F)cc2)C1. The van der Waals surface area contributed by atoms with Crippen molar-refractivity contribution in [2.45, 2.75) is 23.8 Å². The molecule has 0 aliphatic carbocycles. The fourth-order valence-electron chi connectivity index (χ4n) is 2.67. The molecule has 12 heteroatoms. The standard InChI is InChI=1S/C16H16F3N3O5S/c1-25-14-15(21-8-7-20-14)26-12-6-9-22(10-12)28(23,24)13-4-2-11(3-5-13)27-16(17,18)19/h2-5,7-8,12H,6,9-10H2,1H3. The van der Waals surface area contributed by atoms with Crippen LogP contribution in [-0.4, -0.2) is 55.4 Å². The number of rotatable bonds is 6. The predicted octanol–water partition coefficient (Wildman–Crippen LogP) is 2.23. The van der Waals surface area contributed by atoms with E-state index in [0.717, 1.165) is 24.3 Å². The van der Waals surface area contributed by atoms with E-state index >= 15 is 0 Å². The molecule has 0 amide bonds. The van der Waals surface area contributed by atoms with Crippen LogP contribution in [0.2, 0.25) is 0 Å². The Morgan fingerprint density at radius 3 is 2.36 bits per heavy atom. The van der Waals surface area contributed by atoms with Crippen molar-refractivity contribution in [1.29, 1.82) is 0 Å². The zero-order chi connectivity index (χ0) is 20.4. The van der Waals surface area contributed by atoms with E-state index in [1.807, 2.05) is 0 Å². The topological polar surface area (TPSA) is 90.9 Å². The Kier molecular flexibility index (Phi) is 5.61. The van der Waals surface area contributed by atoms with Gasteiger partial charge in [-0.05, 0) is 30.7 Å². The van der Waals surface area contributed by atoms with E-state index in [0.29, 0.717) is 6.42 Å². The van der Waals surface area contributed by atoms with Gasteiger partial charge in [0.05, 0.1) is 18.6 Å². The highest BCUT2D eigenvalue weighted by Gasteiger charge is 2.35. The van der Waals surface area contributed by atoms with Gasteiger partial charge in [-0.25, -0.2) is 18.4 Å². The maximum Gasteiger partial charge on any atom is 0.573 e. The van der Waals surface area contributed by atoms with Crippen molar-refractivity contribution in [1.82, 2.24) is 14.3 Å². The van der Waals surface area contributed by atoms with Gasteiger partial charge in [-0.15, -0.1) is 13.2 Å². The molecule has 1 saturated heterocycles. The summed E-state index contributed by atoms with van der Waals surface area (Å²) in [6.07, 6.45) is -2.04. The summed E-state index contributed by atoms with van der Waals surface area (Å²) in [6.45, 7) is 0.249. The summed E-state index contributed by atoms with van der Waals surface area (Å²) in [5.74, 6) is -0.157. The van der Waals surface area contributed by atoms with Gasteiger partial charge >= 0.3 is 6.36 Å². The lowest BCUT2D eigenvalue weighted by atomic mass is 10.3. The summed E-state index contributed by atoms with van der Waals surface area (Å²) in [5, 5.41) is 0. The molecule has 0 radical (unpaired) electrons. The molecule has 3 rings (SSSR count). The maximum absolute atomic E-state index is 12.7. The molecular formula is C16H16F3N3O5S. The lowest BCUT2D eigenvalue weighted by Gasteiger charge is -2.17. The van der Waals surface area contributed by atoms with Crippen LogP contribution in [0.25, 0.3) is 0 Å². The largest absolute Gasteiger partial charge is 0.573 e. The zero-order valence-corrected chi connectivity index (χ0v) is 15.4. The van der Waals surface area contributed by atoms with Crippen LogP contribution >= 0.6 is 0 Å². The van der Waals surface area contributed by atoms with Gasteiger partial charge < -0.3 is 14.2 Å². The van der Waals surface area contributed by atoms with Crippen molar-refractivity contribution in [2.24, 2.45) is 0 Å². The van der Waals surface area contributed by atoms with Crippen molar-refractivity contribution in [3.63, 3.8) is 0 Å². The zero-order valence-electron chi connectivity index (χ0n) is 14.6. The van der Waals surface area contributed by atoms with Gasteiger partial charge in [0.15, 0.2) is 0 Å². The third-order valence-corrected chi connectivity index (χ3v) is 5.79. The number of hydrogen-bond donors (Lipinski definition) is 0. The minimum Gasteiger partial charge on any atom is -0.477 e. The molecule has 1 aliphatic rings. The average Bonchev–Trinajstić information content (AvgIpc) is 3.11. The molecular weight excluding hydrogens is 403 g/mol. The Hall–Kier alpha value is -2.60. The molecule has 1 atom stereocenters. The number of aromatic nitrogens is 2. The highest BCUT2D eigenvalue weighted by atomic mass is 32.2. The second-order valence-corrected chi connectivity index (χ2v) is 7.72. The van der Waals surface area contributed by atoms with Crippen LogP contribution in [-0.2, 0) is 10.0 Å². The Balaban J connectivity index is 1.68. The van der Waals surface area contributed by atoms with E-state index in [1.165, 1.54) is 23.8 Å². The third-order valence-electron chi connectivity index (χ3n) is 3.91. The number of halogens is 3. The number of ether oxygens (including phenoxy) is 3. The molecule has 0 bridgehead atoms. The molecule has 0 spiro atoms. The highest BCUT2D eigenvalue weighted by Crippen LogP contribution is 2.28. The molecule has 1 fully saturated rings. The molecule has 0 N–H and O–H groups in total. The van der Waals surface area contributed by atoms with Crippen molar-refractivity contribution in [3.05, 3.63) is 36.7 Å². The number of sulfonamides is 1. The van der Waals surface area contributed by atoms with Crippen molar-refractivity contribution in [3.8, 4) is 17.5 Å². The molecule has 28 heavy (non-hydrogen) atoms. The number of nitrogens with zero attached hydrogens (tertiary/aromatic N) is 3. The minimum absolute atomic E-state index is 0.0584. The Morgan fingerprint density at radius 2 is 1.75 bits per heavy atom. The van der Waals surface area contributed by atoms with Crippen molar-refractivity contribution in [2.75, 3.05) is 20.2 Å². The van der Waals surface area contributed by atoms with Crippen molar-refractivity contribution >= 4 is 10.0 Å².